The zero-order chi connectivity index (χ0) is 16.5. The van der Waals surface area contributed by atoms with E-state index in [0.29, 0.717) is 29.4 Å². The van der Waals surface area contributed by atoms with Crippen LogP contribution in [0, 0.1) is 0 Å². The molecule has 0 N–H and O–H groups in total. The molecule has 6 heteroatoms. The minimum absolute atomic E-state index is 0.334. The highest BCUT2D eigenvalue weighted by Crippen LogP contribution is 2.35. The molecular weight excluding hydrogens is 284 g/mol. The molecule has 1 aromatic rings. The number of esters is 1. The first-order valence-corrected chi connectivity index (χ1v) is 7.17. The van der Waals surface area contributed by atoms with E-state index >= 15 is 0 Å². The third-order valence-corrected chi connectivity index (χ3v) is 2.87. The molecule has 0 heterocycles. The maximum atomic E-state index is 11.9. The lowest BCUT2D eigenvalue weighted by Gasteiger charge is -2.14. The SMILES string of the molecule is CCCCOc1cc(N=CN(C)C)c(C(=O)OC)cc1OC. The molecule has 0 aliphatic carbocycles. The van der Waals surface area contributed by atoms with Crippen LogP contribution < -0.4 is 9.47 Å². The van der Waals surface area contributed by atoms with Gasteiger partial charge in [-0.05, 0) is 6.42 Å². The summed E-state index contributed by atoms with van der Waals surface area (Å²) in [5, 5.41) is 0. The van der Waals surface area contributed by atoms with Crippen LogP contribution in [0.5, 0.6) is 11.5 Å². The second kappa shape index (κ2) is 8.92. The molecule has 0 fully saturated rings. The van der Waals surface area contributed by atoms with E-state index < -0.39 is 5.97 Å². The second-order valence-electron chi connectivity index (χ2n) is 4.92. The monoisotopic (exact) mass is 308 g/mol. The number of rotatable bonds is 8. The minimum Gasteiger partial charge on any atom is -0.493 e. The molecule has 0 amide bonds. The zero-order valence-electron chi connectivity index (χ0n) is 13.9. The average Bonchev–Trinajstić information content (AvgIpc) is 2.52. The molecule has 0 aliphatic heterocycles. The van der Waals surface area contributed by atoms with Crippen LogP contribution in [-0.2, 0) is 4.74 Å². The highest BCUT2D eigenvalue weighted by Gasteiger charge is 2.17. The Morgan fingerprint density at radius 1 is 1.27 bits per heavy atom. The molecule has 0 aliphatic rings. The van der Waals surface area contributed by atoms with Crippen LogP contribution in [-0.4, -0.2) is 52.1 Å². The molecule has 0 radical (unpaired) electrons. The Balaban J connectivity index is 3.23. The third kappa shape index (κ3) is 4.95. The van der Waals surface area contributed by atoms with E-state index in [1.165, 1.54) is 14.2 Å². The molecule has 0 saturated heterocycles. The van der Waals surface area contributed by atoms with Gasteiger partial charge in [-0.1, -0.05) is 13.3 Å². The number of carbonyl (C=O) groups excluding carboxylic acids is 1. The number of aliphatic imine (C=N–C) groups is 1. The fourth-order valence-electron chi connectivity index (χ4n) is 1.71. The van der Waals surface area contributed by atoms with Gasteiger partial charge in [-0.25, -0.2) is 9.79 Å². The molecule has 122 valence electrons. The van der Waals surface area contributed by atoms with Crippen molar-refractivity contribution in [2.24, 2.45) is 4.99 Å². The van der Waals surface area contributed by atoms with Crippen molar-refractivity contribution in [2.75, 3.05) is 34.9 Å². The van der Waals surface area contributed by atoms with Gasteiger partial charge < -0.3 is 19.1 Å². The number of hydrogen-bond acceptors (Lipinski definition) is 5. The lowest BCUT2D eigenvalue weighted by atomic mass is 10.1. The summed E-state index contributed by atoms with van der Waals surface area (Å²) in [5.74, 6) is 0.583. The van der Waals surface area contributed by atoms with E-state index in [-0.39, 0.29) is 0 Å². The maximum absolute atomic E-state index is 11.9. The molecular formula is C16H24N2O4. The van der Waals surface area contributed by atoms with Gasteiger partial charge in [0.2, 0.25) is 0 Å². The Morgan fingerprint density at radius 2 is 2.00 bits per heavy atom. The number of benzene rings is 1. The van der Waals surface area contributed by atoms with Crippen molar-refractivity contribution < 1.29 is 19.0 Å². The Bertz CT molecular complexity index is 527. The first-order valence-electron chi connectivity index (χ1n) is 7.17. The molecule has 0 saturated carbocycles. The Labute approximate surface area is 131 Å². The quantitative estimate of drug-likeness (QED) is 0.320. The summed E-state index contributed by atoms with van der Waals surface area (Å²) in [6, 6.07) is 3.29. The van der Waals surface area contributed by atoms with Crippen molar-refractivity contribution in [3.8, 4) is 11.5 Å². The van der Waals surface area contributed by atoms with Gasteiger partial charge in [0, 0.05) is 26.2 Å². The predicted octanol–water partition coefficient (Wildman–Crippen LogP) is 2.88. The predicted molar refractivity (Wildman–Crippen MR) is 86.6 cm³/mol. The van der Waals surface area contributed by atoms with Gasteiger partial charge in [0.15, 0.2) is 11.5 Å². The molecule has 0 bridgehead atoms. The number of carbonyl (C=O) groups is 1. The van der Waals surface area contributed by atoms with Gasteiger partial charge in [-0.2, -0.15) is 0 Å². The lowest BCUT2D eigenvalue weighted by Crippen LogP contribution is -2.08. The molecule has 1 aromatic carbocycles. The number of methoxy groups -OCH3 is 2. The van der Waals surface area contributed by atoms with Crippen LogP contribution in [0.15, 0.2) is 17.1 Å². The van der Waals surface area contributed by atoms with Crippen LogP contribution >= 0.6 is 0 Å². The van der Waals surface area contributed by atoms with Gasteiger partial charge in [0.1, 0.15) is 0 Å². The molecule has 0 spiro atoms. The molecule has 0 unspecified atom stereocenters. The summed E-state index contributed by atoms with van der Waals surface area (Å²) < 4.78 is 15.8. The lowest BCUT2D eigenvalue weighted by molar-refractivity contribution is 0.0601. The van der Waals surface area contributed by atoms with E-state index in [1.807, 2.05) is 14.1 Å². The number of unbranched alkanes of at least 4 members (excludes halogenated alkanes) is 1. The van der Waals surface area contributed by atoms with Gasteiger partial charge in [-0.15, -0.1) is 0 Å². The van der Waals surface area contributed by atoms with Crippen molar-refractivity contribution in [3.05, 3.63) is 17.7 Å². The molecule has 0 atom stereocenters. The van der Waals surface area contributed by atoms with Gasteiger partial charge >= 0.3 is 5.97 Å². The summed E-state index contributed by atoms with van der Waals surface area (Å²) in [7, 11) is 6.57. The smallest absolute Gasteiger partial charge is 0.340 e. The summed E-state index contributed by atoms with van der Waals surface area (Å²) in [6.07, 6.45) is 3.59. The standard InChI is InChI=1S/C16H24N2O4/c1-6-7-8-22-15-10-13(17-11-18(2)3)12(16(19)21-5)9-14(15)20-4/h9-11H,6-8H2,1-5H3. The average molecular weight is 308 g/mol. The van der Waals surface area contributed by atoms with Crippen molar-refractivity contribution in [3.63, 3.8) is 0 Å². The molecule has 22 heavy (non-hydrogen) atoms. The summed E-state index contributed by atoms with van der Waals surface area (Å²) in [5.41, 5.74) is 0.813. The van der Waals surface area contributed by atoms with Crippen molar-refractivity contribution >= 4 is 18.0 Å². The maximum Gasteiger partial charge on any atom is 0.340 e. The fraction of sp³-hybridized carbons (Fsp3) is 0.500. The minimum atomic E-state index is -0.468. The van der Waals surface area contributed by atoms with Gasteiger partial charge in [0.05, 0.1) is 38.4 Å². The van der Waals surface area contributed by atoms with E-state index in [2.05, 4.69) is 11.9 Å². The first-order chi connectivity index (χ1) is 10.5. The molecule has 0 aromatic heterocycles. The van der Waals surface area contributed by atoms with E-state index in [0.717, 1.165) is 12.8 Å². The van der Waals surface area contributed by atoms with Crippen LogP contribution in [0.1, 0.15) is 30.1 Å². The van der Waals surface area contributed by atoms with Crippen molar-refractivity contribution in [2.45, 2.75) is 19.8 Å². The molecule has 6 nitrogen and oxygen atoms in total. The number of ether oxygens (including phenoxy) is 3. The number of nitrogens with zero attached hydrogens (tertiary/aromatic N) is 2. The highest BCUT2D eigenvalue weighted by molar-refractivity contribution is 5.96. The van der Waals surface area contributed by atoms with Crippen molar-refractivity contribution in [1.82, 2.24) is 4.90 Å². The normalized spacial score (nSPS) is 10.6. The van der Waals surface area contributed by atoms with E-state index in [4.69, 9.17) is 14.2 Å². The Kier molecular flexibility index (Phi) is 7.22. The molecule has 1 rings (SSSR count). The summed E-state index contributed by atoms with van der Waals surface area (Å²) in [4.78, 5) is 18.0. The van der Waals surface area contributed by atoms with Crippen LogP contribution in [0.3, 0.4) is 0 Å². The Hall–Kier alpha value is -2.24. The zero-order valence-corrected chi connectivity index (χ0v) is 13.9. The van der Waals surface area contributed by atoms with Crippen LogP contribution in [0.2, 0.25) is 0 Å². The summed E-state index contributed by atoms with van der Waals surface area (Å²) >= 11 is 0. The topological polar surface area (TPSA) is 60.4 Å². The third-order valence-electron chi connectivity index (χ3n) is 2.87. The second-order valence-corrected chi connectivity index (χ2v) is 4.92. The van der Waals surface area contributed by atoms with Crippen LogP contribution in [0.4, 0.5) is 5.69 Å². The number of hydrogen-bond donors (Lipinski definition) is 0. The van der Waals surface area contributed by atoms with Gasteiger partial charge in [0.25, 0.3) is 0 Å². The summed E-state index contributed by atoms with van der Waals surface area (Å²) in [6.45, 7) is 2.68. The highest BCUT2D eigenvalue weighted by atomic mass is 16.5. The van der Waals surface area contributed by atoms with Gasteiger partial charge in [-0.3, -0.25) is 0 Å². The fourth-order valence-corrected chi connectivity index (χ4v) is 1.71. The van der Waals surface area contributed by atoms with E-state index in [9.17, 15) is 4.79 Å². The Morgan fingerprint density at radius 3 is 2.55 bits per heavy atom. The van der Waals surface area contributed by atoms with Crippen LogP contribution in [0.25, 0.3) is 0 Å². The van der Waals surface area contributed by atoms with E-state index in [1.54, 1.807) is 23.4 Å². The van der Waals surface area contributed by atoms with Crippen molar-refractivity contribution in [1.29, 1.82) is 0 Å². The first kappa shape index (κ1) is 17.8. The largest absolute Gasteiger partial charge is 0.493 e.